The number of rotatable bonds is 5. The van der Waals surface area contributed by atoms with Crippen molar-refractivity contribution in [3.8, 4) is 0 Å². The molecule has 3 aliphatic rings. The fourth-order valence-corrected chi connectivity index (χ4v) is 5.29. The Bertz CT molecular complexity index is 858. The topological polar surface area (TPSA) is 87.7 Å². The van der Waals surface area contributed by atoms with Crippen LogP contribution < -0.4 is 10.6 Å². The van der Waals surface area contributed by atoms with Crippen molar-refractivity contribution < 1.29 is 19.1 Å². The van der Waals surface area contributed by atoms with Gasteiger partial charge in [-0.25, -0.2) is 0 Å². The van der Waals surface area contributed by atoms with E-state index in [0.29, 0.717) is 25.3 Å². The van der Waals surface area contributed by atoms with Crippen LogP contribution in [0.4, 0.5) is 5.69 Å². The lowest BCUT2D eigenvalue weighted by atomic mass is 9.76. The lowest BCUT2D eigenvalue weighted by Gasteiger charge is -2.30. The zero-order valence-corrected chi connectivity index (χ0v) is 17.7. The summed E-state index contributed by atoms with van der Waals surface area (Å²) in [6.45, 7) is 4.80. The van der Waals surface area contributed by atoms with Crippen LogP contribution in [0.15, 0.2) is 22.7 Å². The van der Waals surface area contributed by atoms with E-state index in [1.165, 1.54) is 4.90 Å². The molecule has 1 aromatic carbocycles. The molecule has 0 bridgehead atoms. The van der Waals surface area contributed by atoms with Crippen LogP contribution in [0.5, 0.6) is 0 Å². The number of amides is 3. The third kappa shape index (κ3) is 2.58. The van der Waals surface area contributed by atoms with E-state index in [2.05, 4.69) is 26.6 Å². The molecule has 4 atom stereocenters. The average molecular weight is 450 g/mol. The minimum atomic E-state index is -1.22. The van der Waals surface area contributed by atoms with Crippen LogP contribution in [0.3, 0.4) is 0 Å². The summed E-state index contributed by atoms with van der Waals surface area (Å²) in [6.07, 6.45) is 0.578. The van der Waals surface area contributed by atoms with Gasteiger partial charge in [-0.15, -0.1) is 0 Å². The maximum Gasteiger partial charge on any atom is 0.250 e. The van der Waals surface area contributed by atoms with Gasteiger partial charge in [-0.2, -0.15) is 0 Å². The Hall–Kier alpha value is -1.77. The molecule has 2 N–H and O–H groups in total. The average Bonchev–Trinajstić information content (AvgIpc) is 3.23. The van der Waals surface area contributed by atoms with Gasteiger partial charge in [-0.05, 0) is 30.5 Å². The molecule has 0 aromatic heterocycles. The fraction of sp³-hybridized carbons (Fsp3) is 0.550. The van der Waals surface area contributed by atoms with Gasteiger partial charge in [0.05, 0.1) is 11.8 Å². The molecule has 0 unspecified atom stereocenters. The molecular formula is C20H24BrN3O4. The van der Waals surface area contributed by atoms with Crippen molar-refractivity contribution in [2.24, 2.45) is 17.8 Å². The zero-order chi connectivity index (χ0) is 20.2. The van der Waals surface area contributed by atoms with Crippen LogP contribution in [0.1, 0.15) is 25.8 Å². The van der Waals surface area contributed by atoms with E-state index < -0.39 is 17.4 Å². The Kier molecular flexibility index (Phi) is 4.84. The molecule has 0 saturated carbocycles. The quantitative estimate of drug-likeness (QED) is 0.529. The summed E-state index contributed by atoms with van der Waals surface area (Å²) in [5.41, 5.74) is 0.188. The number of methoxy groups -OCH3 is 1. The molecule has 2 fully saturated rings. The Morgan fingerprint density at radius 1 is 1.25 bits per heavy atom. The minimum absolute atomic E-state index is 0.0894. The van der Waals surface area contributed by atoms with Gasteiger partial charge >= 0.3 is 0 Å². The van der Waals surface area contributed by atoms with Gasteiger partial charge in [0.1, 0.15) is 5.54 Å². The van der Waals surface area contributed by atoms with Crippen molar-refractivity contribution in [2.45, 2.75) is 31.8 Å². The van der Waals surface area contributed by atoms with Gasteiger partial charge in [0, 0.05) is 42.0 Å². The number of hydrogen-bond acceptors (Lipinski definition) is 5. The van der Waals surface area contributed by atoms with E-state index in [4.69, 9.17) is 4.74 Å². The number of nitrogens with one attached hydrogen (secondary N) is 2. The van der Waals surface area contributed by atoms with Crippen molar-refractivity contribution in [2.75, 3.05) is 25.6 Å². The SMILES string of the molecule is COCCCN1C(=O)[C@@H]2[C@@H](C(C)C)N[C@]3(C(=O)Nc4ccc(Br)cc43)[C@@H]2C1=O. The van der Waals surface area contributed by atoms with Gasteiger partial charge < -0.3 is 10.1 Å². The van der Waals surface area contributed by atoms with Crippen LogP contribution >= 0.6 is 15.9 Å². The maximum absolute atomic E-state index is 13.4. The molecule has 7 nitrogen and oxygen atoms in total. The Labute approximate surface area is 172 Å². The van der Waals surface area contributed by atoms with E-state index in [0.717, 1.165) is 10.0 Å². The van der Waals surface area contributed by atoms with Gasteiger partial charge in [-0.1, -0.05) is 29.8 Å². The van der Waals surface area contributed by atoms with E-state index in [-0.39, 0.29) is 29.7 Å². The molecule has 8 heteroatoms. The molecule has 1 aromatic rings. The van der Waals surface area contributed by atoms with Gasteiger partial charge in [0.15, 0.2) is 0 Å². The van der Waals surface area contributed by atoms with E-state index in [1.807, 2.05) is 32.0 Å². The minimum Gasteiger partial charge on any atom is -0.385 e. The number of carbonyl (C=O) groups is 3. The Morgan fingerprint density at radius 2 is 2.00 bits per heavy atom. The number of nitrogens with zero attached hydrogens (tertiary/aromatic N) is 1. The number of halogens is 1. The van der Waals surface area contributed by atoms with Crippen LogP contribution in [-0.2, 0) is 24.7 Å². The number of ether oxygens (including phenoxy) is 1. The highest BCUT2D eigenvalue weighted by Gasteiger charge is 2.70. The van der Waals surface area contributed by atoms with E-state index in [9.17, 15) is 14.4 Å². The number of likely N-dealkylation sites (tertiary alicyclic amines) is 1. The number of carbonyl (C=O) groups excluding carboxylic acids is 3. The number of benzene rings is 1. The fourth-order valence-electron chi connectivity index (χ4n) is 4.93. The lowest BCUT2D eigenvalue weighted by molar-refractivity contribution is -0.143. The molecule has 3 amide bonds. The second kappa shape index (κ2) is 6.93. The molecule has 4 rings (SSSR count). The van der Waals surface area contributed by atoms with Crippen LogP contribution in [0.25, 0.3) is 0 Å². The number of anilines is 1. The number of fused-ring (bicyclic) bond motifs is 4. The van der Waals surface area contributed by atoms with Crippen molar-refractivity contribution in [3.05, 3.63) is 28.2 Å². The second-order valence-corrected chi connectivity index (χ2v) is 8.96. The van der Waals surface area contributed by atoms with Crippen LogP contribution in [0, 0.1) is 17.8 Å². The van der Waals surface area contributed by atoms with Crippen molar-refractivity contribution in [1.82, 2.24) is 10.2 Å². The smallest absolute Gasteiger partial charge is 0.250 e. The molecule has 3 heterocycles. The first-order valence-electron chi connectivity index (χ1n) is 9.56. The first-order valence-corrected chi connectivity index (χ1v) is 10.4. The molecule has 150 valence electrons. The Morgan fingerprint density at radius 3 is 2.68 bits per heavy atom. The summed E-state index contributed by atoms with van der Waals surface area (Å²) < 4.78 is 5.89. The summed E-state index contributed by atoms with van der Waals surface area (Å²) >= 11 is 3.47. The normalized spacial score (nSPS) is 31.1. The lowest BCUT2D eigenvalue weighted by Crippen LogP contribution is -2.54. The monoisotopic (exact) mass is 449 g/mol. The van der Waals surface area contributed by atoms with Gasteiger partial charge in [0.2, 0.25) is 17.7 Å². The maximum atomic E-state index is 13.4. The van der Waals surface area contributed by atoms with Gasteiger partial charge in [-0.3, -0.25) is 24.6 Å². The van der Waals surface area contributed by atoms with Crippen molar-refractivity contribution >= 4 is 39.3 Å². The summed E-state index contributed by atoms with van der Waals surface area (Å²) in [4.78, 5) is 41.1. The highest BCUT2D eigenvalue weighted by atomic mass is 79.9. The van der Waals surface area contributed by atoms with E-state index >= 15 is 0 Å². The second-order valence-electron chi connectivity index (χ2n) is 8.04. The molecule has 0 radical (unpaired) electrons. The summed E-state index contributed by atoms with van der Waals surface area (Å²) in [7, 11) is 1.59. The molecule has 1 spiro atoms. The van der Waals surface area contributed by atoms with Crippen molar-refractivity contribution in [1.29, 1.82) is 0 Å². The highest BCUT2D eigenvalue weighted by molar-refractivity contribution is 9.10. The third-order valence-electron chi connectivity index (χ3n) is 6.15. The van der Waals surface area contributed by atoms with Gasteiger partial charge in [0.25, 0.3) is 0 Å². The third-order valence-corrected chi connectivity index (χ3v) is 6.64. The standard InChI is InChI=1S/C20H24BrN3O4/c1-10(2)16-14-15(18(26)24(17(14)25)7-4-8-28-3)20(23-16)12-9-11(21)5-6-13(12)22-19(20)27/h5-6,9-10,14-16,23H,4,7-8H2,1-3H3,(H,22,27)/t14-,15-,16+,20-/m0/s1. The highest BCUT2D eigenvalue weighted by Crippen LogP contribution is 2.54. The Balaban J connectivity index is 1.81. The molecule has 3 aliphatic heterocycles. The number of imide groups is 1. The predicted octanol–water partition coefficient (Wildman–Crippen LogP) is 1.86. The van der Waals surface area contributed by atoms with E-state index in [1.54, 1.807) is 7.11 Å². The predicted molar refractivity (Wildman–Crippen MR) is 106 cm³/mol. The molecule has 28 heavy (non-hydrogen) atoms. The molecular weight excluding hydrogens is 426 g/mol. The largest absolute Gasteiger partial charge is 0.385 e. The summed E-state index contributed by atoms with van der Waals surface area (Å²) in [5, 5.41) is 6.33. The molecule has 0 aliphatic carbocycles. The van der Waals surface area contributed by atoms with Crippen LogP contribution in [-0.4, -0.2) is 48.9 Å². The first kappa shape index (κ1) is 19.5. The summed E-state index contributed by atoms with van der Waals surface area (Å²) in [5.74, 6) is -1.93. The van der Waals surface area contributed by atoms with Crippen LogP contribution in [0.2, 0.25) is 0 Å². The zero-order valence-electron chi connectivity index (χ0n) is 16.1. The summed E-state index contributed by atoms with van der Waals surface area (Å²) in [6, 6.07) is 5.28. The number of hydrogen-bond donors (Lipinski definition) is 2. The van der Waals surface area contributed by atoms with Crippen molar-refractivity contribution in [3.63, 3.8) is 0 Å². The first-order chi connectivity index (χ1) is 13.3. The molecule has 2 saturated heterocycles.